The molecule has 0 radical (unpaired) electrons. The Morgan fingerprint density at radius 3 is 2.45 bits per heavy atom. The summed E-state index contributed by atoms with van der Waals surface area (Å²) in [6.07, 6.45) is 2.90. The van der Waals surface area contributed by atoms with E-state index in [0.717, 1.165) is 25.3 Å². The zero-order valence-corrected chi connectivity index (χ0v) is 19.8. The molecule has 3 aliphatic carbocycles. The number of benzene rings is 1. The maximum absolute atomic E-state index is 14.2. The molecule has 0 aromatic heterocycles. The lowest BCUT2D eigenvalue weighted by atomic mass is 9.50. The Morgan fingerprint density at radius 2 is 1.86 bits per heavy atom. The van der Waals surface area contributed by atoms with Crippen molar-refractivity contribution in [3.05, 3.63) is 35.9 Å². The molecule has 3 fully saturated rings. The third kappa shape index (κ3) is 2.97. The van der Waals surface area contributed by atoms with Crippen molar-refractivity contribution in [1.29, 1.82) is 0 Å². The first-order chi connectivity index (χ1) is 13.5. The fraction of sp³-hybridized carbons (Fsp3) is 0.680. The third-order valence-electron chi connectivity index (χ3n) is 8.07. The van der Waals surface area contributed by atoms with Gasteiger partial charge >= 0.3 is 5.97 Å². The monoisotopic (exact) mass is 412 g/mol. The van der Waals surface area contributed by atoms with Gasteiger partial charge in [0.05, 0.1) is 6.10 Å². The molecular formula is C25H36O3Si. The number of hydrogen-bond acceptors (Lipinski definition) is 3. The Labute approximate surface area is 176 Å². The summed E-state index contributed by atoms with van der Waals surface area (Å²) in [5.41, 5.74) is 0.283. The topological polar surface area (TPSA) is 43.4 Å². The second-order valence-corrected chi connectivity index (χ2v) is 17.0. The highest BCUT2D eigenvalue weighted by atomic mass is 28.3. The number of esters is 1. The molecule has 0 bridgehead atoms. The van der Waals surface area contributed by atoms with Crippen LogP contribution in [0.5, 0.6) is 0 Å². The smallest absolute Gasteiger partial charge is 0.320 e. The van der Waals surface area contributed by atoms with E-state index in [2.05, 4.69) is 50.8 Å². The third-order valence-corrected chi connectivity index (χ3v) is 9.79. The second kappa shape index (κ2) is 6.80. The quantitative estimate of drug-likeness (QED) is 0.355. The van der Waals surface area contributed by atoms with E-state index in [4.69, 9.17) is 4.74 Å². The molecule has 1 aromatic rings. The Kier molecular flexibility index (Phi) is 4.88. The van der Waals surface area contributed by atoms with Crippen molar-refractivity contribution in [2.45, 2.75) is 77.7 Å². The number of Topliss-reactive ketones (excluding diaryl/α,β-unsaturated/α-hetero) is 1. The zero-order valence-electron chi connectivity index (χ0n) is 18.8. The largest absolute Gasteiger partial charge is 0.462 e. The number of ketones is 1. The van der Waals surface area contributed by atoms with Crippen LogP contribution in [0.1, 0.15) is 51.5 Å². The van der Waals surface area contributed by atoms with Crippen molar-refractivity contribution in [2.75, 3.05) is 0 Å². The molecule has 0 aliphatic heterocycles. The van der Waals surface area contributed by atoms with E-state index in [1.165, 1.54) is 5.56 Å². The molecule has 3 saturated carbocycles. The average molecular weight is 413 g/mol. The van der Waals surface area contributed by atoms with Crippen molar-refractivity contribution in [3.8, 4) is 0 Å². The summed E-state index contributed by atoms with van der Waals surface area (Å²) in [6, 6.07) is 11.5. The standard InChI is InChI=1S/C25H36O3Si/c1-16(2)28-23(27)25-18(15-29(4,5)6)14-20(25)24(3)13-12-19(21(24)22(25)26)17-10-8-7-9-11-17/h7-11,16,18-21H,12-15H2,1-6H3/t18-,19+,20-,21?,24+,25+/m0/s1. The number of rotatable bonds is 5. The van der Waals surface area contributed by atoms with Gasteiger partial charge < -0.3 is 4.74 Å². The van der Waals surface area contributed by atoms with E-state index < -0.39 is 13.5 Å². The van der Waals surface area contributed by atoms with E-state index in [0.29, 0.717) is 0 Å². The summed E-state index contributed by atoms with van der Waals surface area (Å²) < 4.78 is 5.78. The van der Waals surface area contributed by atoms with Crippen LogP contribution in [-0.4, -0.2) is 25.9 Å². The normalized spacial score (nSPS) is 38.5. The molecule has 3 aliphatic rings. The van der Waals surface area contributed by atoms with Crippen molar-refractivity contribution in [2.24, 2.45) is 28.6 Å². The number of ether oxygens (including phenoxy) is 1. The predicted molar refractivity (Wildman–Crippen MR) is 118 cm³/mol. The van der Waals surface area contributed by atoms with Gasteiger partial charge in [-0.05, 0) is 61.8 Å². The molecule has 1 aromatic carbocycles. The lowest BCUT2D eigenvalue weighted by molar-refractivity contribution is -0.184. The Hall–Kier alpha value is -1.42. The van der Waals surface area contributed by atoms with Crippen LogP contribution >= 0.6 is 0 Å². The van der Waals surface area contributed by atoms with Gasteiger partial charge in [0.2, 0.25) is 0 Å². The van der Waals surface area contributed by atoms with E-state index in [-0.39, 0.29) is 46.9 Å². The molecule has 158 valence electrons. The molecule has 3 nitrogen and oxygen atoms in total. The Bertz CT molecular complexity index is 811. The SMILES string of the molecule is CC(C)OC(=O)[C@@]12C(=O)C3[C@@H](c4ccccc4)CC[C@]3(C)[C@@H]1C[C@H]2C[Si](C)(C)C. The second-order valence-electron chi connectivity index (χ2n) is 11.5. The fourth-order valence-corrected chi connectivity index (χ4v) is 9.05. The fourth-order valence-electron chi connectivity index (χ4n) is 7.09. The summed E-state index contributed by atoms with van der Waals surface area (Å²) >= 11 is 0. The predicted octanol–water partition coefficient (Wildman–Crippen LogP) is 5.68. The minimum absolute atomic E-state index is 0.0544. The van der Waals surface area contributed by atoms with Gasteiger partial charge in [-0.25, -0.2) is 0 Å². The van der Waals surface area contributed by atoms with E-state index >= 15 is 0 Å². The molecule has 0 spiro atoms. The summed E-state index contributed by atoms with van der Waals surface area (Å²) in [6.45, 7) is 13.1. The van der Waals surface area contributed by atoms with Crippen LogP contribution in [0.15, 0.2) is 30.3 Å². The van der Waals surface area contributed by atoms with Gasteiger partial charge in [0, 0.05) is 14.0 Å². The van der Waals surface area contributed by atoms with Crippen LogP contribution in [0.3, 0.4) is 0 Å². The molecule has 0 heterocycles. The van der Waals surface area contributed by atoms with Crippen LogP contribution in [0, 0.1) is 28.6 Å². The average Bonchev–Trinajstić information content (AvgIpc) is 3.01. The summed E-state index contributed by atoms with van der Waals surface area (Å²) in [5.74, 6) is 0.471. The van der Waals surface area contributed by atoms with Crippen molar-refractivity contribution >= 4 is 19.8 Å². The zero-order chi connectivity index (χ0) is 21.2. The van der Waals surface area contributed by atoms with Crippen molar-refractivity contribution < 1.29 is 14.3 Å². The maximum atomic E-state index is 14.2. The lowest BCUT2D eigenvalue weighted by Crippen LogP contribution is -2.60. The molecule has 4 heteroatoms. The number of carbonyl (C=O) groups is 2. The van der Waals surface area contributed by atoms with Gasteiger partial charge in [-0.1, -0.05) is 62.9 Å². The Morgan fingerprint density at radius 1 is 1.21 bits per heavy atom. The molecule has 4 rings (SSSR count). The highest BCUT2D eigenvalue weighted by Gasteiger charge is 2.79. The minimum Gasteiger partial charge on any atom is -0.462 e. The summed E-state index contributed by atoms with van der Waals surface area (Å²) in [5, 5.41) is 0. The van der Waals surface area contributed by atoms with Crippen LogP contribution in [0.25, 0.3) is 0 Å². The van der Waals surface area contributed by atoms with E-state index in [1.54, 1.807) is 0 Å². The van der Waals surface area contributed by atoms with Crippen LogP contribution < -0.4 is 0 Å². The van der Waals surface area contributed by atoms with Crippen LogP contribution in [-0.2, 0) is 14.3 Å². The van der Waals surface area contributed by atoms with Gasteiger partial charge in [-0.2, -0.15) is 0 Å². The summed E-state index contributed by atoms with van der Waals surface area (Å²) in [7, 11) is -1.41. The van der Waals surface area contributed by atoms with Gasteiger partial charge in [0.1, 0.15) is 5.41 Å². The van der Waals surface area contributed by atoms with Crippen molar-refractivity contribution in [3.63, 3.8) is 0 Å². The van der Waals surface area contributed by atoms with Gasteiger partial charge in [-0.15, -0.1) is 0 Å². The first kappa shape index (κ1) is 20.8. The van der Waals surface area contributed by atoms with E-state index in [9.17, 15) is 9.59 Å². The minimum atomic E-state index is -1.41. The van der Waals surface area contributed by atoms with Gasteiger partial charge in [0.25, 0.3) is 0 Å². The van der Waals surface area contributed by atoms with Gasteiger partial charge in [-0.3, -0.25) is 9.59 Å². The highest BCUT2D eigenvalue weighted by molar-refractivity contribution is 6.76. The highest BCUT2D eigenvalue weighted by Crippen LogP contribution is 2.75. The lowest BCUT2D eigenvalue weighted by Gasteiger charge is -2.54. The molecule has 0 N–H and O–H groups in total. The molecule has 1 unspecified atom stereocenters. The van der Waals surface area contributed by atoms with Gasteiger partial charge in [0.15, 0.2) is 5.78 Å². The van der Waals surface area contributed by atoms with Crippen LogP contribution in [0.2, 0.25) is 25.7 Å². The molecule has 0 saturated heterocycles. The summed E-state index contributed by atoms with van der Waals surface area (Å²) in [4.78, 5) is 27.7. The van der Waals surface area contributed by atoms with E-state index in [1.807, 2.05) is 19.9 Å². The molecule has 0 amide bonds. The molecule has 29 heavy (non-hydrogen) atoms. The van der Waals surface area contributed by atoms with Crippen molar-refractivity contribution in [1.82, 2.24) is 0 Å². The number of hydrogen-bond donors (Lipinski definition) is 0. The molecular weight excluding hydrogens is 376 g/mol. The molecule has 6 atom stereocenters. The first-order valence-electron chi connectivity index (χ1n) is 11.3. The van der Waals surface area contributed by atoms with Crippen LogP contribution in [0.4, 0.5) is 0 Å². The Balaban J connectivity index is 1.76. The number of fused-ring (bicyclic) bond motifs is 3. The maximum Gasteiger partial charge on any atom is 0.320 e. The number of carbonyl (C=O) groups excluding carboxylic acids is 2. The first-order valence-corrected chi connectivity index (χ1v) is 15.0.